The molecular weight excluding hydrogens is 383 g/mol. The van der Waals surface area contributed by atoms with E-state index in [-0.39, 0.29) is 22.5 Å². The van der Waals surface area contributed by atoms with Crippen LogP contribution in [0.4, 0.5) is 36.3 Å². The second kappa shape index (κ2) is 7.67. The van der Waals surface area contributed by atoms with Gasteiger partial charge in [0.2, 0.25) is 5.95 Å². The van der Waals surface area contributed by atoms with Crippen LogP contribution >= 0.6 is 11.6 Å². The second-order valence-corrected chi connectivity index (χ2v) is 5.75. The van der Waals surface area contributed by atoms with E-state index in [1.807, 2.05) is 0 Å². The summed E-state index contributed by atoms with van der Waals surface area (Å²) in [7, 11) is 1.54. The lowest BCUT2D eigenvalue weighted by molar-refractivity contribution is -0.137. The van der Waals surface area contributed by atoms with Gasteiger partial charge in [0.1, 0.15) is 5.75 Å². The maximum atomic E-state index is 13.0. The van der Waals surface area contributed by atoms with Crippen LogP contribution in [0.5, 0.6) is 5.75 Å². The molecule has 2 aromatic carbocycles. The van der Waals surface area contributed by atoms with Crippen LogP contribution in [0.1, 0.15) is 5.56 Å². The summed E-state index contributed by atoms with van der Waals surface area (Å²) in [5.74, 6) is 1.02. The summed E-state index contributed by atoms with van der Waals surface area (Å²) in [4.78, 5) is 4.18. The number of anilines is 4. The Labute approximate surface area is 157 Å². The van der Waals surface area contributed by atoms with E-state index in [1.165, 1.54) is 12.3 Å². The van der Waals surface area contributed by atoms with Crippen molar-refractivity contribution in [2.45, 2.75) is 6.18 Å². The maximum Gasteiger partial charge on any atom is 0.417 e. The predicted molar refractivity (Wildman–Crippen MR) is 95.8 cm³/mol. The number of rotatable bonds is 5. The summed E-state index contributed by atoms with van der Waals surface area (Å²) in [5, 5.41) is 13.0. The van der Waals surface area contributed by atoms with Gasteiger partial charge in [0.05, 0.1) is 23.9 Å². The first-order chi connectivity index (χ1) is 12.8. The second-order valence-electron chi connectivity index (χ2n) is 5.34. The van der Waals surface area contributed by atoms with Crippen LogP contribution < -0.4 is 15.4 Å². The van der Waals surface area contributed by atoms with Crippen LogP contribution in [0.2, 0.25) is 5.02 Å². The van der Waals surface area contributed by atoms with Gasteiger partial charge in [-0.15, -0.1) is 5.10 Å². The van der Waals surface area contributed by atoms with Crippen molar-refractivity contribution in [2.75, 3.05) is 17.7 Å². The molecule has 0 saturated carbocycles. The summed E-state index contributed by atoms with van der Waals surface area (Å²) in [6, 6.07) is 10.5. The van der Waals surface area contributed by atoms with Gasteiger partial charge in [-0.1, -0.05) is 17.7 Å². The third kappa shape index (κ3) is 4.76. The monoisotopic (exact) mass is 395 g/mol. The minimum Gasteiger partial charge on any atom is -0.497 e. The predicted octanol–water partition coefficient (Wildman–Crippen LogP) is 5.04. The maximum absolute atomic E-state index is 13.0. The van der Waals surface area contributed by atoms with E-state index in [0.29, 0.717) is 11.4 Å². The number of halogens is 4. The number of hydrogen-bond donors (Lipinski definition) is 2. The van der Waals surface area contributed by atoms with Crippen LogP contribution in [0.25, 0.3) is 0 Å². The largest absolute Gasteiger partial charge is 0.497 e. The molecule has 0 bridgehead atoms. The minimum atomic E-state index is -4.56. The average molecular weight is 396 g/mol. The van der Waals surface area contributed by atoms with E-state index in [2.05, 4.69) is 25.8 Å². The third-order valence-electron chi connectivity index (χ3n) is 3.43. The normalized spacial score (nSPS) is 11.1. The number of nitrogens with one attached hydrogen (secondary N) is 2. The van der Waals surface area contributed by atoms with E-state index in [9.17, 15) is 13.2 Å². The van der Waals surface area contributed by atoms with Crippen LogP contribution in [0.3, 0.4) is 0 Å². The van der Waals surface area contributed by atoms with Gasteiger partial charge in [-0.05, 0) is 30.3 Å². The molecule has 6 nitrogen and oxygen atoms in total. The number of aromatic nitrogens is 3. The van der Waals surface area contributed by atoms with Crippen molar-refractivity contribution in [3.63, 3.8) is 0 Å². The van der Waals surface area contributed by atoms with Crippen molar-refractivity contribution in [2.24, 2.45) is 0 Å². The summed E-state index contributed by atoms with van der Waals surface area (Å²) >= 11 is 5.62. The third-order valence-corrected chi connectivity index (χ3v) is 3.76. The number of benzene rings is 2. The van der Waals surface area contributed by atoms with Crippen LogP contribution in [0.15, 0.2) is 48.7 Å². The molecule has 0 aliphatic heterocycles. The van der Waals surface area contributed by atoms with E-state index in [4.69, 9.17) is 16.3 Å². The quantitative estimate of drug-likeness (QED) is 0.630. The topological polar surface area (TPSA) is 72.0 Å². The summed E-state index contributed by atoms with van der Waals surface area (Å²) < 4.78 is 44.0. The Morgan fingerprint density at radius 1 is 1.04 bits per heavy atom. The van der Waals surface area contributed by atoms with Crippen molar-refractivity contribution >= 4 is 34.7 Å². The smallest absolute Gasteiger partial charge is 0.417 e. The van der Waals surface area contributed by atoms with Gasteiger partial charge >= 0.3 is 6.18 Å². The molecule has 140 valence electrons. The Morgan fingerprint density at radius 3 is 2.56 bits per heavy atom. The Morgan fingerprint density at radius 2 is 1.81 bits per heavy atom. The highest BCUT2D eigenvalue weighted by Gasteiger charge is 2.33. The summed E-state index contributed by atoms with van der Waals surface area (Å²) in [6.07, 6.45) is -3.27. The standard InChI is InChI=1S/C17H13ClF3N5O/c1-27-12-4-2-3-10(7-12)24-16-25-15(9-22-26-16)23-11-5-6-14(18)13(8-11)17(19,20)21/h2-9H,1H3,(H2,23,24,25,26). The molecule has 3 rings (SSSR count). The fourth-order valence-corrected chi connectivity index (χ4v) is 2.44. The van der Waals surface area contributed by atoms with E-state index in [1.54, 1.807) is 31.4 Å². The fraction of sp³-hybridized carbons (Fsp3) is 0.118. The van der Waals surface area contributed by atoms with Crippen LogP contribution in [-0.4, -0.2) is 22.3 Å². The van der Waals surface area contributed by atoms with Crippen molar-refractivity contribution in [3.8, 4) is 5.75 Å². The number of hydrogen-bond acceptors (Lipinski definition) is 6. The molecule has 3 aromatic rings. The highest BCUT2D eigenvalue weighted by molar-refractivity contribution is 6.31. The molecule has 2 N–H and O–H groups in total. The summed E-state index contributed by atoms with van der Waals surface area (Å²) in [5.41, 5.74) is -0.107. The van der Waals surface area contributed by atoms with E-state index >= 15 is 0 Å². The molecule has 1 heterocycles. The van der Waals surface area contributed by atoms with Gasteiger partial charge < -0.3 is 15.4 Å². The van der Waals surface area contributed by atoms with E-state index in [0.717, 1.165) is 12.1 Å². The highest BCUT2D eigenvalue weighted by atomic mass is 35.5. The number of nitrogens with zero attached hydrogens (tertiary/aromatic N) is 3. The lowest BCUT2D eigenvalue weighted by Gasteiger charge is -2.12. The molecule has 0 fully saturated rings. The molecule has 0 unspecified atom stereocenters. The van der Waals surface area contributed by atoms with Gasteiger partial charge in [0.25, 0.3) is 0 Å². The van der Waals surface area contributed by atoms with E-state index < -0.39 is 11.7 Å². The first-order valence-corrected chi connectivity index (χ1v) is 7.97. The zero-order valence-electron chi connectivity index (χ0n) is 13.9. The van der Waals surface area contributed by atoms with Crippen molar-refractivity contribution in [3.05, 3.63) is 59.2 Å². The SMILES string of the molecule is COc1cccc(Nc2nncc(Nc3ccc(Cl)c(C(F)(F)F)c3)n2)c1. The van der Waals surface area contributed by atoms with Crippen molar-refractivity contribution < 1.29 is 17.9 Å². The number of methoxy groups -OCH3 is 1. The Bertz CT molecular complexity index is 952. The Kier molecular flexibility index (Phi) is 5.31. The molecular formula is C17H13ClF3N5O. The summed E-state index contributed by atoms with van der Waals surface area (Å²) in [6.45, 7) is 0. The van der Waals surface area contributed by atoms with Crippen molar-refractivity contribution in [1.82, 2.24) is 15.2 Å². The lowest BCUT2D eigenvalue weighted by Crippen LogP contribution is -2.07. The highest BCUT2D eigenvalue weighted by Crippen LogP contribution is 2.36. The van der Waals surface area contributed by atoms with Gasteiger partial charge in [-0.25, -0.2) is 0 Å². The first-order valence-electron chi connectivity index (χ1n) is 7.60. The zero-order chi connectivity index (χ0) is 19.4. The molecule has 1 aromatic heterocycles. The van der Waals surface area contributed by atoms with Crippen LogP contribution in [0, 0.1) is 0 Å². The zero-order valence-corrected chi connectivity index (χ0v) is 14.6. The van der Waals surface area contributed by atoms with Gasteiger partial charge in [-0.2, -0.15) is 23.3 Å². The molecule has 0 atom stereocenters. The Balaban J connectivity index is 1.80. The van der Waals surface area contributed by atoms with Crippen LogP contribution in [-0.2, 0) is 6.18 Å². The average Bonchev–Trinajstić information content (AvgIpc) is 2.63. The molecule has 0 radical (unpaired) electrons. The lowest BCUT2D eigenvalue weighted by atomic mass is 10.2. The Hall–Kier alpha value is -3.07. The van der Waals surface area contributed by atoms with Gasteiger partial charge in [0, 0.05) is 17.4 Å². The van der Waals surface area contributed by atoms with Gasteiger partial charge in [-0.3, -0.25) is 0 Å². The molecule has 0 aliphatic rings. The molecule has 0 amide bonds. The first kappa shape index (κ1) is 18.7. The molecule has 0 aliphatic carbocycles. The number of ether oxygens (including phenoxy) is 1. The fourth-order valence-electron chi connectivity index (χ4n) is 2.21. The molecule has 0 saturated heterocycles. The molecule has 10 heteroatoms. The van der Waals surface area contributed by atoms with Crippen molar-refractivity contribution in [1.29, 1.82) is 0 Å². The number of alkyl halides is 3. The molecule has 0 spiro atoms. The molecule has 27 heavy (non-hydrogen) atoms. The van der Waals surface area contributed by atoms with Gasteiger partial charge in [0.15, 0.2) is 5.82 Å². The minimum absolute atomic E-state index is 0.165.